The van der Waals surface area contributed by atoms with Crippen LogP contribution in [-0.2, 0) is 24.4 Å². The summed E-state index contributed by atoms with van der Waals surface area (Å²) in [5.74, 6) is 0.630. The quantitative estimate of drug-likeness (QED) is 0.260. The Bertz CT molecular complexity index is 823. The van der Waals surface area contributed by atoms with E-state index >= 15 is 0 Å². The van der Waals surface area contributed by atoms with Gasteiger partial charge in [-0.2, -0.15) is 0 Å². The summed E-state index contributed by atoms with van der Waals surface area (Å²) in [6.45, 7) is 7.85. The van der Waals surface area contributed by atoms with Crippen molar-refractivity contribution < 1.29 is 4.79 Å². The molecule has 0 spiro atoms. The standard InChI is InChI=1S/C23H34N6O.HI/c1-2-25-23(26-10-14-28-11-3-4-12-28)27-16-19-7-5-8-20(15-19)17-29-13-6-9-21(18-29)22(24)30;/h3-5,7-8,11-12,15,21H,2,6,9-10,13-14,16-18H2,1H3,(H2,24,30)(H2,25,26,27);1H. The van der Waals surface area contributed by atoms with Crippen LogP contribution in [0.15, 0.2) is 53.8 Å². The van der Waals surface area contributed by atoms with Gasteiger partial charge in [-0.05, 0) is 49.6 Å². The van der Waals surface area contributed by atoms with Crippen LogP contribution in [0.5, 0.6) is 0 Å². The van der Waals surface area contributed by atoms with Crippen LogP contribution in [0.25, 0.3) is 0 Å². The number of amides is 1. The molecule has 1 aromatic heterocycles. The summed E-state index contributed by atoms with van der Waals surface area (Å²) in [6.07, 6.45) is 6.06. The second-order valence-electron chi connectivity index (χ2n) is 7.84. The third kappa shape index (κ3) is 8.53. The second-order valence-corrected chi connectivity index (χ2v) is 7.84. The number of likely N-dealkylation sites (tertiary alicyclic amines) is 1. The van der Waals surface area contributed by atoms with Crippen LogP contribution >= 0.6 is 24.0 Å². The van der Waals surface area contributed by atoms with Crippen molar-refractivity contribution in [1.29, 1.82) is 0 Å². The zero-order chi connectivity index (χ0) is 21.2. The van der Waals surface area contributed by atoms with E-state index < -0.39 is 0 Å². The fourth-order valence-corrected chi connectivity index (χ4v) is 3.85. The Kier molecular flexibility index (Phi) is 10.9. The molecule has 0 saturated carbocycles. The second kappa shape index (κ2) is 13.4. The SMILES string of the molecule is CCNC(=NCc1cccc(CN2CCCC(C(N)=O)C2)c1)NCCn1cccc1.I. The highest BCUT2D eigenvalue weighted by molar-refractivity contribution is 14.0. The van der Waals surface area contributed by atoms with Gasteiger partial charge in [0.05, 0.1) is 12.5 Å². The van der Waals surface area contributed by atoms with Gasteiger partial charge in [-0.15, -0.1) is 24.0 Å². The number of aromatic nitrogens is 1. The summed E-state index contributed by atoms with van der Waals surface area (Å²) in [5, 5.41) is 6.70. The Morgan fingerprint density at radius 3 is 2.71 bits per heavy atom. The molecule has 31 heavy (non-hydrogen) atoms. The van der Waals surface area contributed by atoms with Crippen LogP contribution in [0.1, 0.15) is 30.9 Å². The Labute approximate surface area is 202 Å². The zero-order valence-corrected chi connectivity index (χ0v) is 20.6. The molecule has 8 heteroatoms. The molecule has 170 valence electrons. The van der Waals surface area contributed by atoms with E-state index in [-0.39, 0.29) is 35.8 Å². The molecule has 0 radical (unpaired) electrons. The molecular formula is C23H35IN6O. The number of rotatable bonds is 9. The number of guanidine groups is 1. The summed E-state index contributed by atoms with van der Waals surface area (Å²) in [4.78, 5) is 18.6. The maximum atomic E-state index is 11.5. The van der Waals surface area contributed by atoms with E-state index in [0.29, 0.717) is 6.54 Å². The first-order valence-corrected chi connectivity index (χ1v) is 10.9. The molecule has 1 aromatic carbocycles. The van der Waals surface area contributed by atoms with Gasteiger partial charge in [0.25, 0.3) is 0 Å². The number of nitrogens with one attached hydrogen (secondary N) is 2. The first-order valence-electron chi connectivity index (χ1n) is 10.9. The van der Waals surface area contributed by atoms with Crippen LogP contribution in [0.3, 0.4) is 0 Å². The van der Waals surface area contributed by atoms with Gasteiger partial charge in [-0.1, -0.05) is 24.3 Å². The molecule has 1 amide bonds. The Morgan fingerprint density at radius 1 is 1.19 bits per heavy atom. The monoisotopic (exact) mass is 538 g/mol. The molecule has 1 atom stereocenters. The number of aliphatic imine (C=N–C) groups is 1. The van der Waals surface area contributed by atoms with E-state index in [1.54, 1.807) is 0 Å². The van der Waals surface area contributed by atoms with Crippen LogP contribution in [0, 0.1) is 5.92 Å². The number of benzene rings is 1. The van der Waals surface area contributed by atoms with Gasteiger partial charge < -0.3 is 20.9 Å². The van der Waals surface area contributed by atoms with Crippen molar-refractivity contribution in [3.05, 3.63) is 59.9 Å². The number of carbonyl (C=O) groups is 1. The van der Waals surface area contributed by atoms with Crippen molar-refractivity contribution >= 4 is 35.8 Å². The molecule has 2 heterocycles. The molecule has 7 nitrogen and oxygen atoms in total. The lowest BCUT2D eigenvalue weighted by atomic mass is 9.97. The molecule has 0 aliphatic carbocycles. The van der Waals surface area contributed by atoms with Gasteiger partial charge in [-0.25, -0.2) is 4.99 Å². The van der Waals surface area contributed by atoms with E-state index in [9.17, 15) is 4.79 Å². The summed E-state index contributed by atoms with van der Waals surface area (Å²) >= 11 is 0. The highest BCUT2D eigenvalue weighted by Gasteiger charge is 2.23. The van der Waals surface area contributed by atoms with E-state index in [2.05, 4.69) is 63.7 Å². The molecule has 1 unspecified atom stereocenters. The Hall–Kier alpha value is -2.07. The van der Waals surface area contributed by atoms with Gasteiger partial charge >= 0.3 is 0 Å². The summed E-state index contributed by atoms with van der Waals surface area (Å²) in [5.41, 5.74) is 7.94. The van der Waals surface area contributed by atoms with E-state index in [1.807, 2.05) is 12.1 Å². The lowest BCUT2D eigenvalue weighted by Crippen LogP contribution is -2.40. The highest BCUT2D eigenvalue weighted by atomic mass is 127. The van der Waals surface area contributed by atoms with Crippen molar-refractivity contribution in [3.63, 3.8) is 0 Å². The van der Waals surface area contributed by atoms with E-state index in [4.69, 9.17) is 10.7 Å². The van der Waals surface area contributed by atoms with Crippen LogP contribution in [0.2, 0.25) is 0 Å². The molecule has 3 rings (SSSR count). The zero-order valence-electron chi connectivity index (χ0n) is 18.3. The minimum atomic E-state index is -0.178. The number of hydrogen-bond donors (Lipinski definition) is 3. The predicted octanol–water partition coefficient (Wildman–Crippen LogP) is 2.56. The van der Waals surface area contributed by atoms with Gasteiger partial charge in [0.2, 0.25) is 5.91 Å². The molecule has 1 fully saturated rings. The largest absolute Gasteiger partial charge is 0.369 e. The molecule has 0 bridgehead atoms. The summed E-state index contributed by atoms with van der Waals surface area (Å²) in [6, 6.07) is 12.6. The average molecular weight is 538 g/mol. The highest BCUT2D eigenvalue weighted by Crippen LogP contribution is 2.19. The lowest BCUT2D eigenvalue weighted by molar-refractivity contribution is -0.123. The maximum Gasteiger partial charge on any atom is 0.221 e. The molecule has 1 aliphatic heterocycles. The van der Waals surface area contributed by atoms with Crippen molar-refractivity contribution in [2.45, 2.75) is 39.4 Å². The predicted molar refractivity (Wildman–Crippen MR) is 136 cm³/mol. The van der Waals surface area contributed by atoms with Gasteiger partial charge in [-0.3, -0.25) is 9.69 Å². The molecule has 4 N–H and O–H groups in total. The van der Waals surface area contributed by atoms with Crippen molar-refractivity contribution in [2.75, 3.05) is 26.2 Å². The molecule has 1 aliphatic rings. The fourth-order valence-electron chi connectivity index (χ4n) is 3.85. The average Bonchev–Trinajstić information content (AvgIpc) is 3.26. The number of nitrogens with zero attached hydrogens (tertiary/aromatic N) is 3. The minimum absolute atomic E-state index is 0. The van der Waals surface area contributed by atoms with E-state index in [0.717, 1.165) is 58.1 Å². The van der Waals surface area contributed by atoms with Crippen molar-refractivity contribution in [1.82, 2.24) is 20.1 Å². The lowest BCUT2D eigenvalue weighted by Gasteiger charge is -2.31. The first-order chi connectivity index (χ1) is 14.6. The number of carbonyl (C=O) groups excluding carboxylic acids is 1. The molecule has 1 saturated heterocycles. The fraction of sp³-hybridized carbons (Fsp3) is 0.478. The summed E-state index contributed by atoms with van der Waals surface area (Å²) in [7, 11) is 0. The number of nitrogens with two attached hydrogens (primary N) is 1. The number of piperidine rings is 1. The first kappa shape index (κ1) is 25.2. The molecular weight excluding hydrogens is 503 g/mol. The number of primary amides is 1. The Balaban J connectivity index is 0.00000341. The van der Waals surface area contributed by atoms with Crippen molar-refractivity contribution in [3.8, 4) is 0 Å². The number of hydrogen-bond acceptors (Lipinski definition) is 3. The van der Waals surface area contributed by atoms with Gasteiger partial charge in [0.1, 0.15) is 0 Å². The molecule has 2 aromatic rings. The van der Waals surface area contributed by atoms with Crippen LogP contribution in [-0.4, -0.2) is 47.5 Å². The normalized spacial score (nSPS) is 17.1. The van der Waals surface area contributed by atoms with Gasteiger partial charge in [0.15, 0.2) is 5.96 Å². The smallest absolute Gasteiger partial charge is 0.221 e. The van der Waals surface area contributed by atoms with Gasteiger partial charge in [0, 0.05) is 45.1 Å². The van der Waals surface area contributed by atoms with E-state index in [1.165, 1.54) is 11.1 Å². The minimum Gasteiger partial charge on any atom is -0.369 e. The Morgan fingerprint density at radius 2 is 1.97 bits per heavy atom. The summed E-state index contributed by atoms with van der Waals surface area (Å²) < 4.78 is 2.14. The third-order valence-electron chi connectivity index (χ3n) is 5.40. The third-order valence-corrected chi connectivity index (χ3v) is 5.40. The topological polar surface area (TPSA) is 87.7 Å². The maximum absolute atomic E-state index is 11.5. The van der Waals surface area contributed by atoms with Crippen LogP contribution < -0.4 is 16.4 Å². The number of halogens is 1. The van der Waals surface area contributed by atoms with Crippen molar-refractivity contribution in [2.24, 2.45) is 16.6 Å². The van der Waals surface area contributed by atoms with Crippen LogP contribution in [0.4, 0.5) is 0 Å².